The number of aryl methyl sites for hydroxylation is 2. The van der Waals surface area contributed by atoms with Crippen LogP contribution in [-0.4, -0.2) is 38.2 Å². The van der Waals surface area contributed by atoms with Gasteiger partial charge in [0, 0.05) is 5.69 Å². The van der Waals surface area contributed by atoms with E-state index < -0.39 is 6.36 Å². The third-order valence-corrected chi connectivity index (χ3v) is 4.72. The molecule has 0 aliphatic heterocycles. The van der Waals surface area contributed by atoms with E-state index in [0.29, 0.717) is 10.8 Å². The Labute approximate surface area is 168 Å². The molecule has 2 aromatic carbocycles. The van der Waals surface area contributed by atoms with Gasteiger partial charge in [-0.1, -0.05) is 30.0 Å². The molecule has 3 rings (SSSR count). The SMILES string of the molecule is Cc1cccc(C)c1-n1nnnc1SCC(=O)Nc1ccc(OC(F)(F)F)cc1. The summed E-state index contributed by atoms with van der Waals surface area (Å²) in [5, 5.41) is 14.7. The van der Waals surface area contributed by atoms with Crippen LogP contribution in [0.25, 0.3) is 5.69 Å². The minimum absolute atomic E-state index is 0.0199. The number of alkyl halides is 3. The number of aromatic nitrogens is 4. The van der Waals surface area contributed by atoms with Crippen molar-refractivity contribution >= 4 is 23.4 Å². The maximum absolute atomic E-state index is 12.2. The number of rotatable bonds is 6. The van der Waals surface area contributed by atoms with Crippen LogP contribution in [0.3, 0.4) is 0 Å². The number of para-hydroxylation sites is 1. The van der Waals surface area contributed by atoms with Crippen molar-refractivity contribution in [3.8, 4) is 11.4 Å². The van der Waals surface area contributed by atoms with Gasteiger partial charge < -0.3 is 10.1 Å². The summed E-state index contributed by atoms with van der Waals surface area (Å²) in [7, 11) is 0. The van der Waals surface area contributed by atoms with Crippen LogP contribution in [0.2, 0.25) is 0 Å². The molecule has 1 aromatic heterocycles. The summed E-state index contributed by atoms with van der Waals surface area (Å²) in [4.78, 5) is 12.2. The molecule has 0 fully saturated rings. The molecule has 7 nitrogen and oxygen atoms in total. The summed E-state index contributed by atoms with van der Waals surface area (Å²) < 4.78 is 41.9. The van der Waals surface area contributed by atoms with Crippen molar-refractivity contribution in [2.45, 2.75) is 25.4 Å². The lowest BCUT2D eigenvalue weighted by molar-refractivity contribution is -0.274. The Hall–Kier alpha value is -3.08. The zero-order valence-corrected chi connectivity index (χ0v) is 16.2. The van der Waals surface area contributed by atoms with Gasteiger partial charge in [0.15, 0.2) is 0 Å². The van der Waals surface area contributed by atoms with Gasteiger partial charge in [-0.3, -0.25) is 4.79 Å². The molecule has 3 aromatic rings. The van der Waals surface area contributed by atoms with E-state index in [1.807, 2.05) is 32.0 Å². The number of carbonyl (C=O) groups is 1. The molecule has 1 heterocycles. The number of hydrogen-bond donors (Lipinski definition) is 1. The van der Waals surface area contributed by atoms with E-state index in [-0.39, 0.29) is 17.4 Å². The standard InChI is InChI=1S/C18H16F3N5O2S/c1-11-4-3-5-12(2)16(11)26-17(23-24-25-26)29-10-15(27)22-13-6-8-14(9-7-13)28-18(19,20)21/h3-9H,10H2,1-2H3,(H,22,27). The first-order valence-corrected chi connectivity index (χ1v) is 9.35. The Balaban J connectivity index is 1.62. The molecular formula is C18H16F3N5O2S. The van der Waals surface area contributed by atoms with E-state index in [9.17, 15) is 18.0 Å². The quantitative estimate of drug-likeness (QED) is 0.606. The van der Waals surface area contributed by atoms with Crippen molar-refractivity contribution in [3.05, 3.63) is 53.6 Å². The highest BCUT2D eigenvalue weighted by Gasteiger charge is 2.31. The predicted octanol–water partition coefficient (Wildman–Crippen LogP) is 3.91. The minimum atomic E-state index is -4.76. The Morgan fingerprint density at radius 1 is 1.14 bits per heavy atom. The summed E-state index contributed by atoms with van der Waals surface area (Å²) in [6.07, 6.45) is -4.76. The number of tetrazole rings is 1. The Morgan fingerprint density at radius 3 is 2.41 bits per heavy atom. The molecule has 1 N–H and O–H groups in total. The van der Waals surface area contributed by atoms with Crippen molar-refractivity contribution in [1.29, 1.82) is 0 Å². The molecule has 0 unspecified atom stereocenters. The molecule has 0 spiro atoms. The van der Waals surface area contributed by atoms with Crippen LogP contribution in [0.15, 0.2) is 47.6 Å². The van der Waals surface area contributed by atoms with Crippen molar-refractivity contribution < 1.29 is 22.7 Å². The van der Waals surface area contributed by atoms with E-state index in [1.54, 1.807) is 4.68 Å². The second kappa shape index (κ2) is 8.52. The highest BCUT2D eigenvalue weighted by atomic mass is 32.2. The Morgan fingerprint density at radius 2 is 1.79 bits per heavy atom. The van der Waals surface area contributed by atoms with Crippen molar-refractivity contribution in [3.63, 3.8) is 0 Å². The molecule has 0 bridgehead atoms. The van der Waals surface area contributed by atoms with Gasteiger partial charge in [-0.25, -0.2) is 0 Å². The molecule has 29 heavy (non-hydrogen) atoms. The maximum atomic E-state index is 12.2. The van der Waals surface area contributed by atoms with Crippen LogP contribution in [0.1, 0.15) is 11.1 Å². The highest BCUT2D eigenvalue weighted by molar-refractivity contribution is 7.99. The third kappa shape index (κ3) is 5.47. The zero-order chi connectivity index (χ0) is 21.0. The van der Waals surface area contributed by atoms with Gasteiger partial charge in [0.1, 0.15) is 5.75 Å². The average Bonchev–Trinajstić information content (AvgIpc) is 3.08. The molecule has 0 aliphatic rings. The molecule has 0 saturated heterocycles. The van der Waals surface area contributed by atoms with Crippen LogP contribution in [0.4, 0.5) is 18.9 Å². The van der Waals surface area contributed by atoms with Gasteiger partial charge in [-0.05, 0) is 59.7 Å². The van der Waals surface area contributed by atoms with Crippen LogP contribution < -0.4 is 10.1 Å². The number of carbonyl (C=O) groups excluding carboxylic acids is 1. The summed E-state index contributed by atoms with van der Waals surface area (Å²) in [6, 6.07) is 10.7. The first-order chi connectivity index (χ1) is 13.7. The number of ether oxygens (including phenoxy) is 1. The van der Waals surface area contributed by atoms with Crippen LogP contribution in [-0.2, 0) is 4.79 Å². The number of nitrogens with one attached hydrogen (secondary N) is 1. The lowest BCUT2D eigenvalue weighted by Crippen LogP contribution is -2.17. The van der Waals surface area contributed by atoms with E-state index in [4.69, 9.17) is 0 Å². The minimum Gasteiger partial charge on any atom is -0.406 e. The molecule has 1 amide bonds. The second-order valence-corrected chi connectivity index (χ2v) is 6.97. The van der Waals surface area contributed by atoms with Crippen molar-refractivity contribution in [1.82, 2.24) is 20.2 Å². The number of benzene rings is 2. The summed E-state index contributed by atoms with van der Waals surface area (Å²) in [5.74, 6) is -0.695. The topological polar surface area (TPSA) is 81.9 Å². The number of thioether (sulfide) groups is 1. The van der Waals surface area contributed by atoms with E-state index in [0.717, 1.165) is 40.7 Å². The molecule has 11 heteroatoms. The predicted molar refractivity (Wildman–Crippen MR) is 101 cm³/mol. The number of nitrogens with zero attached hydrogens (tertiary/aromatic N) is 4. The fourth-order valence-electron chi connectivity index (χ4n) is 2.62. The number of anilines is 1. The van der Waals surface area contributed by atoms with E-state index >= 15 is 0 Å². The van der Waals surface area contributed by atoms with Gasteiger partial charge in [-0.15, -0.1) is 18.3 Å². The summed E-state index contributed by atoms with van der Waals surface area (Å²) in [6.45, 7) is 3.88. The smallest absolute Gasteiger partial charge is 0.406 e. The van der Waals surface area contributed by atoms with E-state index in [2.05, 4.69) is 25.6 Å². The van der Waals surface area contributed by atoms with Gasteiger partial charge in [0.05, 0.1) is 11.4 Å². The van der Waals surface area contributed by atoms with Crippen LogP contribution in [0, 0.1) is 13.8 Å². The molecule has 0 saturated carbocycles. The van der Waals surface area contributed by atoms with Gasteiger partial charge in [0.2, 0.25) is 11.1 Å². The first-order valence-electron chi connectivity index (χ1n) is 8.36. The molecular weight excluding hydrogens is 407 g/mol. The highest BCUT2D eigenvalue weighted by Crippen LogP contribution is 2.25. The fraction of sp³-hybridized carbons (Fsp3) is 0.222. The second-order valence-electron chi connectivity index (χ2n) is 6.02. The fourth-order valence-corrected chi connectivity index (χ4v) is 3.29. The molecule has 0 radical (unpaired) electrons. The van der Waals surface area contributed by atoms with Crippen LogP contribution in [0.5, 0.6) is 5.75 Å². The van der Waals surface area contributed by atoms with Gasteiger partial charge in [0.25, 0.3) is 0 Å². The third-order valence-electron chi connectivity index (χ3n) is 3.80. The lowest BCUT2D eigenvalue weighted by Gasteiger charge is -2.11. The Bertz CT molecular complexity index is 985. The summed E-state index contributed by atoms with van der Waals surface area (Å²) in [5.41, 5.74) is 3.18. The monoisotopic (exact) mass is 423 g/mol. The molecule has 0 aliphatic carbocycles. The molecule has 0 atom stereocenters. The number of halogens is 3. The molecule has 152 valence electrons. The summed E-state index contributed by atoms with van der Waals surface area (Å²) >= 11 is 1.15. The average molecular weight is 423 g/mol. The van der Waals surface area contributed by atoms with Gasteiger partial charge >= 0.3 is 6.36 Å². The van der Waals surface area contributed by atoms with Crippen molar-refractivity contribution in [2.24, 2.45) is 0 Å². The van der Waals surface area contributed by atoms with E-state index in [1.165, 1.54) is 12.1 Å². The normalized spacial score (nSPS) is 11.3. The van der Waals surface area contributed by atoms with Gasteiger partial charge in [-0.2, -0.15) is 4.68 Å². The lowest BCUT2D eigenvalue weighted by atomic mass is 10.1. The number of amides is 1. The number of hydrogen-bond acceptors (Lipinski definition) is 6. The first kappa shape index (κ1) is 20.6. The Kier molecular flexibility index (Phi) is 6.06. The maximum Gasteiger partial charge on any atom is 0.573 e. The van der Waals surface area contributed by atoms with Crippen LogP contribution >= 0.6 is 11.8 Å². The largest absolute Gasteiger partial charge is 0.573 e. The zero-order valence-electron chi connectivity index (χ0n) is 15.4. The van der Waals surface area contributed by atoms with Crippen molar-refractivity contribution in [2.75, 3.05) is 11.1 Å².